The molecular weight excluding hydrogens is 338 g/mol. The third-order valence-corrected chi connectivity index (χ3v) is 4.33. The first-order valence-electron chi connectivity index (χ1n) is 9.06. The summed E-state index contributed by atoms with van der Waals surface area (Å²) in [7, 11) is 0. The van der Waals surface area contributed by atoms with Gasteiger partial charge in [0.1, 0.15) is 11.5 Å². The molecule has 0 aliphatic carbocycles. The van der Waals surface area contributed by atoms with Crippen molar-refractivity contribution < 1.29 is 13.9 Å². The van der Waals surface area contributed by atoms with Gasteiger partial charge in [-0.05, 0) is 61.7 Å². The van der Waals surface area contributed by atoms with E-state index >= 15 is 0 Å². The lowest BCUT2D eigenvalue weighted by atomic mass is 10.1. The summed E-state index contributed by atoms with van der Waals surface area (Å²) in [5.41, 5.74) is 4.50. The Morgan fingerprint density at radius 1 is 0.926 bits per heavy atom. The highest BCUT2D eigenvalue weighted by molar-refractivity contribution is 5.77. The predicted octanol–water partition coefficient (Wildman–Crippen LogP) is 4.81. The number of ether oxygens (including phenoxy) is 1. The SMILES string of the molecule is Cc1ccc(CN(Cc2ccco2)C(=O)COc2cc(C)cc(C)c2)cc1. The summed E-state index contributed by atoms with van der Waals surface area (Å²) < 4.78 is 11.2. The first-order chi connectivity index (χ1) is 13.0. The van der Waals surface area contributed by atoms with Crippen molar-refractivity contribution in [1.29, 1.82) is 0 Å². The number of carbonyl (C=O) groups excluding carboxylic acids is 1. The number of benzene rings is 2. The van der Waals surface area contributed by atoms with E-state index in [1.165, 1.54) is 5.56 Å². The number of aryl methyl sites for hydroxylation is 3. The third-order valence-electron chi connectivity index (χ3n) is 4.33. The van der Waals surface area contributed by atoms with E-state index in [-0.39, 0.29) is 12.5 Å². The molecule has 0 saturated heterocycles. The number of amides is 1. The maximum Gasteiger partial charge on any atom is 0.261 e. The molecule has 0 fully saturated rings. The first kappa shape index (κ1) is 18.8. The van der Waals surface area contributed by atoms with E-state index in [9.17, 15) is 4.79 Å². The number of nitrogens with zero attached hydrogens (tertiary/aromatic N) is 1. The molecule has 1 heterocycles. The van der Waals surface area contributed by atoms with Gasteiger partial charge in [0.15, 0.2) is 6.61 Å². The number of hydrogen-bond acceptors (Lipinski definition) is 3. The summed E-state index contributed by atoms with van der Waals surface area (Å²) in [6, 6.07) is 17.9. The Hall–Kier alpha value is -3.01. The van der Waals surface area contributed by atoms with Crippen molar-refractivity contribution in [3.63, 3.8) is 0 Å². The average molecular weight is 363 g/mol. The Morgan fingerprint density at radius 2 is 1.63 bits per heavy atom. The summed E-state index contributed by atoms with van der Waals surface area (Å²) in [4.78, 5) is 14.6. The molecule has 3 aromatic rings. The van der Waals surface area contributed by atoms with E-state index in [1.807, 2.05) is 57.2 Å². The zero-order valence-corrected chi connectivity index (χ0v) is 16.1. The molecule has 0 bridgehead atoms. The van der Waals surface area contributed by atoms with Crippen LogP contribution in [-0.4, -0.2) is 17.4 Å². The van der Waals surface area contributed by atoms with Gasteiger partial charge in [-0.25, -0.2) is 0 Å². The van der Waals surface area contributed by atoms with Crippen LogP contribution in [0.25, 0.3) is 0 Å². The lowest BCUT2D eigenvalue weighted by molar-refractivity contribution is -0.134. The van der Waals surface area contributed by atoms with Gasteiger partial charge in [0.05, 0.1) is 12.8 Å². The molecule has 0 aliphatic heterocycles. The van der Waals surface area contributed by atoms with Crippen molar-refractivity contribution in [2.75, 3.05) is 6.61 Å². The molecule has 4 nitrogen and oxygen atoms in total. The maximum absolute atomic E-state index is 12.8. The van der Waals surface area contributed by atoms with E-state index in [2.05, 4.69) is 18.2 Å². The highest BCUT2D eigenvalue weighted by Crippen LogP contribution is 2.17. The van der Waals surface area contributed by atoms with Crippen molar-refractivity contribution in [2.45, 2.75) is 33.9 Å². The number of furan rings is 1. The number of hydrogen-bond donors (Lipinski definition) is 0. The molecule has 0 spiro atoms. The van der Waals surface area contributed by atoms with Gasteiger partial charge >= 0.3 is 0 Å². The molecule has 140 valence electrons. The van der Waals surface area contributed by atoms with Gasteiger partial charge in [0, 0.05) is 6.54 Å². The van der Waals surface area contributed by atoms with Crippen LogP contribution in [0.5, 0.6) is 5.75 Å². The minimum atomic E-state index is -0.0777. The molecule has 0 radical (unpaired) electrons. The largest absolute Gasteiger partial charge is 0.484 e. The minimum Gasteiger partial charge on any atom is -0.484 e. The van der Waals surface area contributed by atoms with Gasteiger partial charge in [-0.3, -0.25) is 4.79 Å². The highest BCUT2D eigenvalue weighted by atomic mass is 16.5. The fraction of sp³-hybridized carbons (Fsp3) is 0.261. The average Bonchev–Trinajstić information content (AvgIpc) is 3.13. The van der Waals surface area contributed by atoms with Gasteiger partial charge < -0.3 is 14.1 Å². The Labute approximate surface area is 160 Å². The van der Waals surface area contributed by atoms with Crippen LogP contribution in [0.1, 0.15) is 28.0 Å². The second kappa shape index (κ2) is 8.58. The monoisotopic (exact) mass is 363 g/mol. The fourth-order valence-electron chi connectivity index (χ4n) is 2.99. The van der Waals surface area contributed by atoms with Crippen LogP contribution in [0.15, 0.2) is 65.3 Å². The van der Waals surface area contributed by atoms with Crippen LogP contribution >= 0.6 is 0 Å². The van der Waals surface area contributed by atoms with Crippen LogP contribution in [0.4, 0.5) is 0 Å². The Balaban J connectivity index is 1.70. The molecule has 4 heteroatoms. The summed E-state index contributed by atoms with van der Waals surface area (Å²) in [6.07, 6.45) is 1.62. The zero-order chi connectivity index (χ0) is 19.2. The second-order valence-electron chi connectivity index (χ2n) is 6.93. The smallest absolute Gasteiger partial charge is 0.261 e. The fourth-order valence-corrected chi connectivity index (χ4v) is 2.99. The molecule has 0 unspecified atom stereocenters. The molecule has 0 N–H and O–H groups in total. The maximum atomic E-state index is 12.8. The molecule has 1 amide bonds. The van der Waals surface area contributed by atoms with Crippen molar-refractivity contribution in [3.8, 4) is 5.75 Å². The van der Waals surface area contributed by atoms with Gasteiger partial charge in [-0.15, -0.1) is 0 Å². The Morgan fingerprint density at radius 3 is 2.26 bits per heavy atom. The van der Waals surface area contributed by atoms with Gasteiger partial charge in [-0.1, -0.05) is 35.9 Å². The molecule has 0 aliphatic rings. The van der Waals surface area contributed by atoms with Crippen molar-refractivity contribution in [1.82, 2.24) is 4.90 Å². The lowest BCUT2D eigenvalue weighted by Crippen LogP contribution is -2.34. The zero-order valence-electron chi connectivity index (χ0n) is 16.1. The molecule has 0 saturated carbocycles. The Kier molecular flexibility index (Phi) is 5.97. The van der Waals surface area contributed by atoms with Gasteiger partial charge in [0.25, 0.3) is 5.91 Å². The summed E-state index contributed by atoms with van der Waals surface area (Å²) in [6.45, 7) is 7.00. The van der Waals surface area contributed by atoms with E-state index in [1.54, 1.807) is 11.2 Å². The third kappa shape index (κ3) is 5.48. The topological polar surface area (TPSA) is 42.7 Å². The standard InChI is InChI=1S/C23H25NO3/c1-17-6-8-20(9-7-17)14-24(15-21-5-4-10-26-21)23(25)16-27-22-12-18(2)11-19(3)13-22/h4-13H,14-16H2,1-3H3. The number of carbonyl (C=O) groups is 1. The Bertz CT molecular complexity index is 862. The van der Waals surface area contributed by atoms with Crippen LogP contribution in [0.3, 0.4) is 0 Å². The van der Waals surface area contributed by atoms with Gasteiger partial charge in [-0.2, -0.15) is 0 Å². The predicted molar refractivity (Wildman–Crippen MR) is 106 cm³/mol. The van der Waals surface area contributed by atoms with E-state index in [0.717, 1.165) is 22.5 Å². The van der Waals surface area contributed by atoms with Crippen LogP contribution in [-0.2, 0) is 17.9 Å². The van der Waals surface area contributed by atoms with E-state index in [0.29, 0.717) is 18.8 Å². The molecule has 3 rings (SSSR count). The molecule has 2 aromatic carbocycles. The van der Waals surface area contributed by atoms with Crippen molar-refractivity contribution in [2.24, 2.45) is 0 Å². The molecule has 1 aromatic heterocycles. The first-order valence-corrected chi connectivity index (χ1v) is 9.06. The quantitative estimate of drug-likeness (QED) is 0.605. The van der Waals surface area contributed by atoms with Crippen molar-refractivity contribution in [3.05, 3.63) is 88.9 Å². The molecule has 27 heavy (non-hydrogen) atoms. The molecule has 0 atom stereocenters. The summed E-state index contributed by atoms with van der Waals surface area (Å²) in [5, 5.41) is 0. The molecular formula is C23H25NO3. The number of rotatable bonds is 7. The normalized spacial score (nSPS) is 10.6. The highest BCUT2D eigenvalue weighted by Gasteiger charge is 2.17. The van der Waals surface area contributed by atoms with Crippen LogP contribution in [0, 0.1) is 20.8 Å². The van der Waals surface area contributed by atoms with Crippen LogP contribution < -0.4 is 4.74 Å². The van der Waals surface area contributed by atoms with E-state index in [4.69, 9.17) is 9.15 Å². The summed E-state index contributed by atoms with van der Waals surface area (Å²) in [5.74, 6) is 1.39. The van der Waals surface area contributed by atoms with Crippen LogP contribution in [0.2, 0.25) is 0 Å². The van der Waals surface area contributed by atoms with E-state index < -0.39 is 0 Å². The minimum absolute atomic E-state index is 0.00450. The van der Waals surface area contributed by atoms with Gasteiger partial charge in [0.2, 0.25) is 0 Å². The second-order valence-corrected chi connectivity index (χ2v) is 6.93. The van der Waals surface area contributed by atoms with Crippen molar-refractivity contribution >= 4 is 5.91 Å². The lowest BCUT2D eigenvalue weighted by Gasteiger charge is -2.22. The summed E-state index contributed by atoms with van der Waals surface area (Å²) >= 11 is 0.